The van der Waals surface area contributed by atoms with Crippen molar-refractivity contribution in [3.8, 4) is 5.88 Å². The summed E-state index contributed by atoms with van der Waals surface area (Å²) in [6.07, 6.45) is 2.73. The molecule has 0 spiro atoms. The molecule has 1 saturated heterocycles. The fourth-order valence-corrected chi connectivity index (χ4v) is 2.54. The van der Waals surface area contributed by atoms with Crippen LogP contribution in [0.2, 0.25) is 0 Å². The second kappa shape index (κ2) is 7.15. The number of aromatic nitrogens is 1. The highest BCUT2D eigenvalue weighted by Gasteiger charge is 2.32. The van der Waals surface area contributed by atoms with Gasteiger partial charge >= 0.3 is 6.09 Å². The number of hydrogen-bond donors (Lipinski definition) is 0. The van der Waals surface area contributed by atoms with E-state index < -0.39 is 5.60 Å². The van der Waals surface area contributed by atoms with E-state index >= 15 is 0 Å². The van der Waals surface area contributed by atoms with E-state index in [1.54, 1.807) is 4.90 Å². The van der Waals surface area contributed by atoms with E-state index in [4.69, 9.17) is 9.47 Å². The van der Waals surface area contributed by atoms with Crippen LogP contribution in [0.4, 0.5) is 9.18 Å². The Morgan fingerprint density at radius 2 is 2.13 bits per heavy atom. The first kappa shape index (κ1) is 17.5. The van der Waals surface area contributed by atoms with Crippen LogP contribution < -0.4 is 4.74 Å². The van der Waals surface area contributed by atoms with Gasteiger partial charge in [-0.15, -0.1) is 0 Å². The van der Waals surface area contributed by atoms with E-state index in [2.05, 4.69) is 4.98 Å². The minimum Gasteiger partial charge on any atom is -0.477 e. The van der Waals surface area contributed by atoms with Gasteiger partial charge in [0.15, 0.2) is 0 Å². The van der Waals surface area contributed by atoms with Gasteiger partial charge in [0.1, 0.15) is 11.4 Å². The smallest absolute Gasteiger partial charge is 0.410 e. The molecule has 2 heterocycles. The van der Waals surface area contributed by atoms with E-state index in [0.29, 0.717) is 19.0 Å². The summed E-state index contributed by atoms with van der Waals surface area (Å²) in [5, 5.41) is 0. The van der Waals surface area contributed by atoms with Crippen molar-refractivity contribution in [1.29, 1.82) is 0 Å². The summed E-state index contributed by atoms with van der Waals surface area (Å²) in [7, 11) is 0. The zero-order chi connectivity index (χ0) is 17.0. The van der Waals surface area contributed by atoms with Crippen molar-refractivity contribution < 1.29 is 18.7 Å². The van der Waals surface area contributed by atoms with Crippen molar-refractivity contribution in [2.45, 2.75) is 52.2 Å². The lowest BCUT2D eigenvalue weighted by molar-refractivity contribution is 0.00194. The van der Waals surface area contributed by atoms with Crippen LogP contribution in [0.1, 0.15) is 40.5 Å². The molecule has 1 aliphatic heterocycles. The number of hydrogen-bond acceptors (Lipinski definition) is 4. The summed E-state index contributed by atoms with van der Waals surface area (Å²) < 4.78 is 23.9. The average Bonchev–Trinajstić information content (AvgIpc) is 2.46. The summed E-state index contributed by atoms with van der Waals surface area (Å²) in [4.78, 5) is 17.9. The Kier molecular flexibility index (Phi) is 5.44. The Morgan fingerprint density at radius 1 is 1.39 bits per heavy atom. The van der Waals surface area contributed by atoms with E-state index in [-0.39, 0.29) is 23.9 Å². The number of carbonyl (C=O) groups is 1. The summed E-state index contributed by atoms with van der Waals surface area (Å²) in [6.45, 7) is 8.66. The van der Waals surface area contributed by atoms with Crippen LogP contribution >= 0.6 is 0 Å². The quantitative estimate of drug-likeness (QED) is 0.852. The number of carbonyl (C=O) groups excluding carboxylic acids is 1. The maximum Gasteiger partial charge on any atom is 0.410 e. The van der Waals surface area contributed by atoms with Crippen LogP contribution in [-0.2, 0) is 4.74 Å². The molecule has 0 bridgehead atoms. The Bertz CT molecular complexity index is 528. The minimum atomic E-state index is -0.502. The summed E-state index contributed by atoms with van der Waals surface area (Å²) in [5.74, 6) is 0.222. The van der Waals surface area contributed by atoms with Crippen molar-refractivity contribution in [2.75, 3.05) is 13.2 Å². The van der Waals surface area contributed by atoms with E-state index in [9.17, 15) is 9.18 Å². The molecule has 0 radical (unpaired) electrons. The number of pyridine rings is 1. The van der Waals surface area contributed by atoms with Crippen LogP contribution in [0.25, 0.3) is 0 Å². The number of halogens is 1. The molecule has 5 nitrogen and oxygen atoms in total. The third kappa shape index (κ3) is 5.37. The molecule has 0 aromatic carbocycles. The SMILES string of the molecule is C[C@@H]1CCC(COc2ccc(F)cn2)CN1C(=O)OC(C)(C)C. The Hall–Kier alpha value is -1.85. The highest BCUT2D eigenvalue weighted by atomic mass is 19.1. The molecular weight excluding hydrogens is 299 g/mol. The molecule has 128 valence electrons. The molecule has 1 amide bonds. The van der Waals surface area contributed by atoms with Crippen LogP contribution in [0, 0.1) is 11.7 Å². The van der Waals surface area contributed by atoms with Gasteiger partial charge < -0.3 is 14.4 Å². The van der Waals surface area contributed by atoms with Crippen LogP contribution in [0.3, 0.4) is 0 Å². The number of rotatable bonds is 3. The van der Waals surface area contributed by atoms with Gasteiger partial charge in [-0.2, -0.15) is 0 Å². The van der Waals surface area contributed by atoms with Gasteiger partial charge in [-0.25, -0.2) is 14.2 Å². The van der Waals surface area contributed by atoms with Gasteiger partial charge in [0.25, 0.3) is 0 Å². The second-order valence-corrected chi connectivity index (χ2v) is 7.05. The Labute approximate surface area is 136 Å². The van der Waals surface area contributed by atoms with Gasteiger partial charge in [0, 0.05) is 24.6 Å². The third-order valence-corrected chi connectivity index (χ3v) is 3.77. The molecule has 1 aromatic heterocycles. The normalized spacial score (nSPS) is 21.9. The van der Waals surface area contributed by atoms with Crippen molar-refractivity contribution in [3.63, 3.8) is 0 Å². The fraction of sp³-hybridized carbons (Fsp3) is 0.647. The van der Waals surface area contributed by atoms with Gasteiger partial charge in [-0.05, 0) is 46.6 Å². The standard InChI is InChI=1S/C17H25FN2O3/c1-12-5-6-13(10-20(12)16(21)23-17(2,3)4)11-22-15-8-7-14(18)9-19-15/h7-9,12-13H,5-6,10-11H2,1-4H3/t12-,13?/m1/s1. The molecule has 1 unspecified atom stereocenters. The first-order valence-corrected chi connectivity index (χ1v) is 7.98. The summed E-state index contributed by atoms with van der Waals surface area (Å²) in [5.41, 5.74) is -0.502. The monoisotopic (exact) mass is 324 g/mol. The lowest BCUT2D eigenvalue weighted by Crippen LogP contribution is -2.48. The van der Waals surface area contributed by atoms with Gasteiger partial charge in [-0.3, -0.25) is 0 Å². The lowest BCUT2D eigenvalue weighted by atomic mass is 9.94. The second-order valence-electron chi connectivity index (χ2n) is 7.05. The maximum absolute atomic E-state index is 12.8. The van der Waals surface area contributed by atoms with E-state index in [0.717, 1.165) is 19.0 Å². The Morgan fingerprint density at radius 3 is 2.74 bits per heavy atom. The van der Waals surface area contributed by atoms with Crippen molar-refractivity contribution in [1.82, 2.24) is 9.88 Å². The zero-order valence-corrected chi connectivity index (χ0v) is 14.2. The number of ether oxygens (including phenoxy) is 2. The van der Waals surface area contributed by atoms with Gasteiger partial charge in [0.2, 0.25) is 5.88 Å². The van der Waals surface area contributed by atoms with Crippen molar-refractivity contribution in [2.24, 2.45) is 5.92 Å². The predicted molar refractivity (Wildman–Crippen MR) is 84.8 cm³/mol. The maximum atomic E-state index is 12.8. The van der Waals surface area contributed by atoms with Gasteiger partial charge in [-0.1, -0.05) is 0 Å². The molecule has 0 aliphatic carbocycles. The largest absolute Gasteiger partial charge is 0.477 e. The van der Waals surface area contributed by atoms with Gasteiger partial charge in [0.05, 0.1) is 12.8 Å². The zero-order valence-electron chi connectivity index (χ0n) is 14.2. The molecular formula is C17H25FN2O3. The summed E-state index contributed by atoms with van der Waals surface area (Å²) >= 11 is 0. The molecule has 2 atom stereocenters. The predicted octanol–water partition coefficient (Wildman–Crippen LogP) is 3.64. The third-order valence-electron chi connectivity index (χ3n) is 3.77. The highest BCUT2D eigenvalue weighted by molar-refractivity contribution is 5.68. The van der Waals surface area contributed by atoms with Crippen molar-refractivity contribution >= 4 is 6.09 Å². The molecule has 0 saturated carbocycles. The van der Waals surface area contributed by atoms with E-state index in [1.165, 1.54) is 12.1 Å². The number of piperidine rings is 1. The molecule has 2 rings (SSSR count). The van der Waals surface area contributed by atoms with E-state index in [1.807, 2.05) is 27.7 Å². The fourth-order valence-electron chi connectivity index (χ4n) is 2.54. The molecule has 23 heavy (non-hydrogen) atoms. The molecule has 6 heteroatoms. The lowest BCUT2D eigenvalue weighted by Gasteiger charge is -2.38. The van der Waals surface area contributed by atoms with Crippen LogP contribution in [-0.4, -0.2) is 40.8 Å². The first-order chi connectivity index (χ1) is 10.7. The topological polar surface area (TPSA) is 51.7 Å². The Balaban J connectivity index is 1.89. The highest BCUT2D eigenvalue weighted by Crippen LogP contribution is 2.24. The number of nitrogens with zero attached hydrogens (tertiary/aromatic N) is 2. The molecule has 1 fully saturated rings. The number of amides is 1. The summed E-state index contributed by atoms with van der Waals surface area (Å²) in [6, 6.07) is 2.98. The molecule has 0 N–H and O–H groups in total. The average molecular weight is 324 g/mol. The molecule has 1 aliphatic rings. The van der Waals surface area contributed by atoms with Crippen LogP contribution in [0.15, 0.2) is 18.3 Å². The first-order valence-electron chi connectivity index (χ1n) is 7.98. The molecule has 1 aromatic rings. The minimum absolute atomic E-state index is 0.157. The van der Waals surface area contributed by atoms with Crippen molar-refractivity contribution in [3.05, 3.63) is 24.1 Å². The number of likely N-dealkylation sites (tertiary alicyclic amines) is 1. The van der Waals surface area contributed by atoms with Crippen LogP contribution in [0.5, 0.6) is 5.88 Å².